The van der Waals surface area contributed by atoms with Crippen LogP contribution >= 0.6 is 0 Å². The van der Waals surface area contributed by atoms with E-state index >= 15 is 0 Å². The highest BCUT2D eigenvalue weighted by atomic mass is 16.5. The van der Waals surface area contributed by atoms with Crippen molar-refractivity contribution in [3.05, 3.63) is 40.8 Å². The summed E-state index contributed by atoms with van der Waals surface area (Å²) in [6.45, 7) is 5.94. The summed E-state index contributed by atoms with van der Waals surface area (Å²) < 4.78 is 6.84. The van der Waals surface area contributed by atoms with Crippen LogP contribution in [0.15, 0.2) is 34.0 Å². The van der Waals surface area contributed by atoms with Crippen LogP contribution < -0.4 is 15.4 Å². The topological polar surface area (TPSA) is 106 Å². The van der Waals surface area contributed by atoms with Gasteiger partial charge in [0.15, 0.2) is 5.82 Å². The number of piperazine rings is 1. The van der Waals surface area contributed by atoms with Crippen LogP contribution in [-0.4, -0.2) is 55.3 Å². The Kier molecular flexibility index (Phi) is 4.30. The van der Waals surface area contributed by atoms with Crippen LogP contribution in [0.25, 0.3) is 11.4 Å². The Morgan fingerprint density at radius 2 is 2.07 bits per heavy atom. The molecule has 0 spiro atoms. The first-order valence-corrected chi connectivity index (χ1v) is 8.69. The molecule has 0 radical (unpaired) electrons. The lowest BCUT2D eigenvalue weighted by atomic mass is 10.2. The molecule has 0 N–H and O–H groups in total. The molecule has 0 saturated carbocycles. The number of hydrogen-bond acceptors (Lipinski definition) is 9. The monoisotopic (exact) mass is 368 g/mol. The fraction of sp³-hybridized carbons (Fsp3) is 0.412. The van der Waals surface area contributed by atoms with E-state index in [1.54, 1.807) is 30.8 Å². The Morgan fingerprint density at radius 3 is 2.74 bits per heavy atom. The minimum absolute atomic E-state index is 0.102. The Morgan fingerprint density at radius 1 is 1.22 bits per heavy atom. The Balaban J connectivity index is 1.63. The van der Waals surface area contributed by atoms with E-state index in [2.05, 4.69) is 31.9 Å². The van der Waals surface area contributed by atoms with Gasteiger partial charge in [-0.25, -0.2) is 15.0 Å². The van der Waals surface area contributed by atoms with Crippen LogP contribution in [0.1, 0.15) is 12.7 Å². The predicted molar refractivity (Wildman–Crippen MR) is 98.6 cm³/mol. The van der Waals surface area contributed by atoms with Crippen molar-refractivity contribution >= 4 is 12.0 Å². The number of nitrogens with zero attached hydrogens (tertiary/aromatic N) is 8. The maximum Gasteiger partial charge on any atom is 0.324 e. The molecule has 1 aliphatic heterocycles. The molecule has 0 bridgehead atoms. The van der Waals surface area contributed by atoms with Crippen LogP contribution in [-0.2, 0) is 7.05 Å². The van der Waals surface area contributed by atoms with Crippen molar-refractivity contribution < 1.29 is 4.52 Å². The van der Waals surface area contributed by atoms with Gasteiger partial charge in [0.1, 0.15) is 6.33 Å². The molecule has 0 aromatic carbocycles. The number of rotatable bonds is 3. The smallest absolute Gasteiger partial charge is 0.324 e. The van der Waals surface area contributed by atoms with E-state index in [-0.39, 0.29) is 11.6 Å². The van der Waals surface area contributed by atoms with Gasteiger partial charge in [-0.2, -0.15) is 4.98 Å². The van der Waals surface area contributed by atoms with Gasteiger partial charge in [-0.3, -0.25) is 9.36 Å². The van der Waals surface area contributed by atoms with E-state index in [0.717, 1.165) is 0 Å². The van der Waals surface area contributed by atoms with Gasteiger partial charge < -0.3 is 14.3 Å². The second kappa shape index (κ2) is 6.78. The van der Waals surface area contributed by atoms with Crippen molar-refractivity contribution in [3.8, 4) is 11.4 Å². The Bertz CT molecular complexity index is 1000. The van der Waals surface area contributed by atoms with Crippen LogP contribution in [0, 0.1) is 6.92 Å². The van der Waals surface area contributed by atoms with Crippen LogP contribution in [0.5, 0.6) is 0 Å². The minimum atomic E-state index is -0.129. The quantitative estimate of drug-likeness (QED) is 0.658. The lowest BCUT2D eigenvalue weighted by molar-refractivity contribution is 0.395. The highest BCUT2D eigenvalue weighted by Gasteiger charge is 2.29. The zero-order valence-electron chi connectivity index (χ0n) is 15.4. The van der Waals surface area contributed by atoms with Gasteiger partial charge >= 0.3 is 6.01 Å². The molecule has 0 unspecified atom stereocenters. The third-order valence-electron chi connectivity index (χ3n) is 4.63. The first-order valence-electron chi connectivity index (χ1n) is 8.69. The van der Waals surface area contributed by atoms with E-state index in [1.807, 2.05) is 4.90 Å². The molecule has 3 aromatic rings. The standard InChI is InChI=1S/C17H20N8O2/c1-11-9-24(17-20-12(2)22-27-17)6-7-25(11)16-21-14(8-15(26)23(16)3)13-4-5-18-10-19-13/h4-5,8,10-11H,6-7,9H2,1-3H3/t11-/m1/s1. The van der Waals surface area contributed by atoms with Gasteiger partial charge in [-0.15, -0.1) is 0 Å². The van der Waals surface area contributed by atoms with Crippen molar-refractivity contribution in [2.24, 2.45) is 7.05 Å². The Labute approximate surface area is 155 Å². The fourth-order valence-corrected chi connectivity index (χ4v) is 3.20. The van der Waals surface area contributed by atoms with E-state index < -0.39 is 0 Å². The molecule has 27 heavy (non-hydrogen) atoms. The van der Waals surface area contributed by atoms with Crippen molar-refractivity contribution in [2.75, 3.05) is 29.4 Å². The predicted octanol–water partition coefficient (Wildman–Crippen LogP) is 0.644. The summed E-state index contributed by atoms with van der Waals surface area (Å²) in [4.78, 5) is 33.8. The summed E-state index contributed by atoms with van der Waals surface area (Å²) >= 11 is 0. The summed E-state index contributed by atoms with van der Waals surface area (Å²) in [6, 6.07) is 3.86. The van der Waals surface area contributed by atoms with Gasteiger partial charge in [0.05, 0.1) is 11.4 Å². The zero-order valence-corrected chi connectivity index (χ0v) is 15.4. The molecular weight excluding hydrogens is 348 g/mol. The molecule has 1 fully saturated rings. The maximum atomic E-state index is 12.5. The SMILES string of the molecule is Cc1noc(N2CCN(c3nc(-c4ccncn4)cc(=O)n3C)[C@H](C)C2)n1. The fourth-order valence-electron chi connectivity index (χ4n) is 3.20. The van der Waals surface area contributed by atoms with Gasteiger partial charge in [-0.1, -0.05) is 5.16 Å². The van der Waals surface area contributed by atoms with E-state index in [4.69, 9.17) is 9.51 Å². The lowest BCUT2D eigenvalue weighted by Gasteiger charge is -2.40. The molecule has 140 valence electrons. The zero-order chi connectivity index (χ0) is 19.0. The number of hydrogen-bond donors (Lipinski definition) is 0. The Hall–Kier alpha value is -3.30. The van der Waals surface area contributed by atoms with Crippen molar-refractivity contribution in [2.45, 2.75) is 19.9 Å². The summed E-state index contributed by atoms with van der Waals surface area (Å²) in [5, 5.41) is 3.85. The molecule has 10 nitrogen and oxygen atoms in total. The van der Waals surface area contributed by atoms with Crippen LogP contribution in [0.3, 0.4) is 0 Å². The third kappa shape index (κ3) is 3.25. The first kappa shape index (κ1) is 17.1. The molecule has 1 atom stereocenters. The molecule has 4 heterocycles. The largest absolute Gasteiger partial charge is 0.336 e. The summed E-state index contributed by atoms with van der Waals surface area (Å²) in [7, 11) is 1.73. The van der Waals surface area contributed by atoms with Gasteiger partial charge in [0.2, 0.25) is 5.95 Å². The highest BCUT2D eigenvalue weighted by Crippen LogP contribution is 2.22. The van der Waals surface area contributed by atoms with Crippen LogP contribution in [0.2, 0.25) is 0 Å². The molecule has 1 saturated heterocycles. The lowest BCUT2D eigenvalue weighted by Crippen LogP contribution is -2.53. The molecular formula is C17H20N8O2. The van der Waals surface area contributed by atoms with Crippen molar-refractivity contribution in [3.63, 3.8) is 0 Å². The van der Waals surface area contributed by atoms with Crippen LogP contribution in [0.4, 0.5) is 12.0 Å². The normalized spacial score (nSPS) is 17.4. The maximum absolute atomic E-state index is 12.5. The average molecular weight is 368 g/mol. The molecule has 1 aliphatic rings. The van der Waals surface area contributed by atoms with Crippen molar-refractivity contribution in [1.29, 1.82) is 0 Å². The number of anilines is 2. The molecule has 0 aliphatic carbocycles. The summed E-state index contributed by atoms with van der Waals surface area (Å²) in [5.41, 5.74) is 1.03. The third-order valence-corrected chi connectivity index (χ3v) is 4.63. The first-order chi connectivity index (χ1) is 13.0. The van der Waals surface area contributed by atoms with E-state index in [0.29, 0.717) is 48.8 Å². The second-order valence-electron chi connectivity index (χ2n) is 6.55. The van der Waals surface area contributed by atoms with Gasteiger partial charge in [0.25, 0.3) is 5.56 Å². The van der Waals surface area contributed by atoms with Gasteiger partial charge in [-0.05, 0) is 19.9 Å². The molecule has 10 heteroatoms. The number of aryl methyl sites for hydroxylation is 1. The van der Waals surface area contributed by atoms with E-state index in [9.17, 15) is 4.79 Å². The average Bonchev–Trinajstić information content (AvgIpc) is 3.11. The van der Waals surface area contributed by atoms with Crippen molar-refractivity contribution in [1.82, 2.24) is 29.7 Å². The molecule has 4 rings (SSSR count). The van der Waals surface area contributed by atoms with E-state index in [1.165, 1.54) is 12.4 Å². The molecule has 0 amide bonds. The summed E-state index contributed by atoms with van der Waals surface area (Å²) in [5.74, 6) is 1.23. The minimum Gasteiger partial charge on any atom is -0.336 e. The molecule has 3 aromatic heterocycles. The summed E-state index contributed by atoms with van der Waals surface area (Å²) in [6.07, 6.45) is 3.08. The second-order valence-corrected chi connectivity index (χ2v) is 6.55. The highest BCUT2D eigenvalue weighted by molar-refractivity contribution is 5.55. The number of aromatic nitrogens is 6. The van der Waals surface area contributed by atoms with Gasteiger partial charge in [0, 0.05) is 45.0 Å².